The van der Waals surface area contributed by atoms with Crippen molar-refractivity contribution >= 4 is 17.4 Å². The van der Waals surface area contributed by atoms with E-state index >= 15 is 0 Å². The fourth-order valence-electron chi connectivity index (χ4n) is 3.28. The molecule has 4 rings (SSSR count). The Morgan fingerprint density at radius 2 is 1.97 bits per heavy atom. The first kappa shape index (κ1) is 19.5. The molecule has 0 fully saturated rings. The van der Waals surface area contributed by atoms with Crippen LogP contribution in [0.15, 0.2) is 55.0 Å². The van der Waals surface area contributed by atoms with Crippen LogP contribution in [-0.4, -0.2) is 55.0 Å². The van der Waals surface area contributed by atoms with E-state index in [2.05, 4.69) is 20.1 Å². The van der Waals surface area contributed by atoms with E-state index in [1.165, 1.54) is 0 Å². The number of hydrogen-bond acceptors (Lipinski definition) is 7. The SMILES string of the molecule is CCN(CCN)C(=O)c1cccc(-c2cnc3c(-c4ccccn4)c(N)nn3c2)n1. The lowest BCUT2D eigenvalue weighted by atomic mass is 10.2. The molecule has 0 bridgehead atoms. The van der Waals surface area contributed by atoms with Crippen molar-refractivity contribution in [1.82, 2.24) is 29.5 Å². The first-order valence-corrected chi connectivity index (χ1v) is 9.64. The van der Waals surface area contributed by atoms with Crippen LogP contribution in [0.2, 0.25) is 0 Å². The number of nitrogens with zero attached hydrogens (tertiary/aromatic N) is 6. The van der Waals surface area contributed by atoms with E-state index in [1.807, 2.05) is 31.2 Å². The van der Waals surface area contributed by atoms with Crippen molar-refractivity contribution < 1.29 is 4.79 Å². The van der Waals surface area contributed by atoms with E-state index in [1.54, 1.807) is 40.1 Å². The van der Waals surface area contributed by atoms with Crippen LogP contribution in [0.1, 0.15) is 17.4 Å². The smallest absolute Gasteiger partial charge is 0.272 e. The monoisotopic (exact) mass is 402 g/mol. The van der Waals surface area contributed by atoms with Gasteiger partial charge in [-0.15, -0.1) is 5.10 Å². The maximum absolute atomic E-state index is 12.7. The molecule has 4 aromatic rings. The van der Waals surface area contributed by atoms with Crippen LogP contribution < -0.4 is 11.5 Å². The molecule has 0 aromatic carbocycles. The minimum atomic E-state index is -0.153. The van der Waals surface area contributed by atoms with Gasteiger partial charge in [-0.25, -0.2) is 14.5 Å². The van der Waals surface area contributed by atoms with Crippen LogP contribution in [0, 0.1) is 0 Å². The van der Waals surface area contributed by atoms with Crippen molar-refractivity contribution in [2.24, 2.45) is 5.73 Å². The average molecular weight is 402 g/mol. The molecule has 0 saturated heterocycles. The van der Waals surface area contributed by atoms with Gasteiger partial charge < -0.3 is 16.4 Å². The molecule has 0 aliphatic carbocycles. The Kier molecular flexibility index (Phi) is 5.36. The zero-order valence-corrected chi connectivity index (χ0v) is 16.6. The van der Waals surface area contributed by atoms with Gasteiger partial charge in [-0.2, -0.15) is 0 Å². The average Bonchev–Trinajstić information content (AvgIpc) is 3.12. The Morgan fingerprint density at radius 1 is 1.13 bits per heavy atom. The fraction of sp³-hybridized carbons (Fsp3) is 0.190. The number of rotatable bonds is 6. The molecule has 0 saturated carbocycles. The minimum absolute atomic E-state index is 0.153. The molecule has 0 atom stereocenters. The number of hydrogen-bond donors (Lipinski definition) is 2. The highest BCUT2D eigenvalue weighted by molar-refractivity contribution is 5.93. The third-order valence-corrected chi connectivity index (χ3v) is 4.75. The summed E-state index contributed by atoms with van der Waals surface area (Å²) in [7, 11) is 0. The van der Waals surface area contributed by atoms with Gasteiger partial charge in [0.1, 0.15) is 5.69 Å². The molecule has 0 aliphatic heterocycles. The Hall–Kier alpha value is -3.85. The third-order valence-electron chi connectivity index (χ3n) is 4.75. The Morgan fingerprint density at radius 3 is 2.70 bits per heavy atom. The zero-order chi connectivity index (χ0) is 21.1. The van der Waals surface area contributed by atoms with Crippen molar-refractivity contribution in [3.05, 3.63) is 60.7 Å². The van der Waals surface area contributed by atoms with Gasteiger partial charge >= 0.3 is 0 Å². The summed E-state index contributed by atoms with van der Waals surface area (Å²) in [6.45, 7) is 3.37. The van der Waals surface area contributed by atoms with Gasteiger partial charge in [0.2, 0.25) is 0 Å². The Balaban J connectivity index is 1.72. The van der Waals surface area contributed by atoms with Gasteiger partial charge in [0.25, 0.3) is 5.91 Å². The molecule has 1 amide bonds. The lowest BCUT2D eigenvalue weighted by Gasteiger charge is -2.19. The van der Waals surface area contributed by atoms with Crippen LogP contribution in [0.25, 0.3) is 28.2 Å². The Labute approximate surface area is 173 Å². The van der Waals surface area contributed by atoms with Crippen LogP contribution in [0.4, 0.5) is 5.82 Å². The number of aromatic nitrogens is 5. The van der Waals surface area contributed by atoms with Crippen LogP contribution >= 0.6 is 0 Å². The summed E-state index contributed by atoms with van der Waals surface area (Å²) < 4.78 is 1.61. The molecule has 9 nitrogen and oxygen atoms in total. The number of carbonyl (C=O) groups is 1. The van der Waals surface area contributed by atoms with Crippen molar-refractivity contribution in [2.45, 2.75) is 6.92 Å². The van der Waals surface area contributed by atoms with E-state index in [0.29, 0.717) is 59.3 Å². The van der Waals surface area contributed by atoms with Gasteiger partial charge in [0.15, 0.2) is 11.5 Å². The summed E-state index contributed by atoms with van der Waals surface area (Å²) in [5, 5.41) is 4.37. The lowest BCUT2D eigenvalue weighted by Crippen LogP contribution is -2.35. The van der Waals surface area contributed by atoms with Gasteiger partial charge in [-0.1, -0.05) is 12.1 Å². The number of nitrogen functional groups attached to an aromatic ring is 1. The van der Waals surface area contributed by atoms with Crippen molar-refractivity contribution in [1.29, 1.82) is 0 Å². The zero-order valence-electron chi connectivity index (χ0n) is 16.6. The largest absolute Gasteiger partial charge is 0.382 e. The van der Waals surface area contributed by atoms with E-state index in [9.17, 15) is 4.79 Å². The highest BCUT2D eigenvalue weighted by Crippen LogP contribution is 2.28. The second-order valence-electron chi connectivity index (χ2n) is 6.67. The maximum Gasteiger partial charge on any atom is 0.272 e. The molecule has 152 valence electrons. The molecular formula is C21H22N8O. The molecule has 4 aromatic heterocycles. The summed E-state index contributed by atoms with van der Waals surface area (Å²) in [5.74, 6) is 0.190. The lowest BCUT2D eigenvalue weighted by molar-refractivity contribution is 0.0763. The maximum atomic E-state index is 12.7. The highest BCUT2D eigenvalue weighted by atomic mass is 16.2. The number of likely N-dealkylation sites (N-methyl/N-ethyl adjacent to an activating group) is 1. The number of nitrogens with two attached hydrogens (primary N) is 2. The van der Waals surface area contributed by atoms with Gasteiger partial charge in [0, 0.05) is 43.8 Å². The summed E-state index contributed by atoms with van der Waals surface area (Å²) in [4.78, 5) is 27.8. The first-order chi connectivity index (χ1) is 14.6. The van der Waals surface area contributed by atoms with Crippen molar-refractivity contribution in [3.8, 4) is 22.5 Å². The molecule has 9 heteroatoms. The summed E-state index contributed by atoms with van der Waals surface area (Å²) in [6.07, 6.45) is 5.18. The Bertz CT molecular complexity index is 1190. The van der Waals surface area contributed by atoms with E-state index in [4.69, 9.17) is 11.5 Å². The molecule has 30 heavy (non-hydrogen) atoms. The molecule has 0 aliphatic rings. The quantitative estimate of drug-likeness (QED) is 0.504. The summed E-state index contributed by atoms with van der Waals surface area (Å²) in [5.41, 5.74) is 15.4. The third kappa shape index (κ3) is 3.58. The number of pyridine rings is 2. The second kappa shape index (κ2) is 8.26. The van der Waals surface area contributed by atoms with Gasteiger partial charge in [0.05, 0.1) is 17.0 Å². The minimum Gasteiger partial charge on any atom is -0.382 e. The number of fused-ring (bicyclic) bond motifs is 1. The number of amides is 1. The molecule has 0 unspecified atom stereocenters. The van der Waals surface area contributed by atoms with Crippen LogP contribution in [-0.2, 0) is 0 Å². The number of anilines is 1. The summed E-state index contributed by atoms with van der Waals surface area (Å²) >= 11 is 0. The predicted octanol–water partition coefficient (Wildman–Crippen LogP) is 1.86. The standard InChI is InChI=1S/C21H22N8O/c1-2-28(11-9-22)21(30)17-8-5-7-15(26-17)14-12-25-20-18(16-6-3-4-10-24-16)19(23)27-29(20)13-14/h3-8,10,12-13H,2,9,11,22H2,1H3,(H2,23,27). The van der Waals surface area contributed by atoms with Crippen LogP contribution in [0.5, 0.6) is 0 Å². The first-order valence-electron chi connectivity index (χ1n) is 9.64. The molecular weight excluding hydrogens is 380 g/mol. The normalized spacial score (nSPS) is 11.0. The van der Waals surface area contributed by atoms with Crippen molar-refractivity contribution in [3.63, 3.8) is 0 Å². The van der Waals surface area contributed by atoms with Gasteiger partial charge in [-0.3, -0.25) is 9.78 Å². The van der Waals surface area contributed by atoms with E-state index in [-0.39, 0.29) is 5.91 Å². The van der Waals surface area contributed by atoms with Gasteiger partial charge in [-0.05, 0) is 31.2 Å². The number of carbonyl (C=O) groups excluding carboxylic acids is 1. The molecule has 0 spiro atoms. The van der Waals surface area contributed by atoms with Crippen LogP contribution in [0.3, 0.4) is 0 Å². The molecule has 4 N–H and O–H groups in total. The van der Waals surface area contributed by atoms with E-state index < -0.39 is 0 Å². The predicted molar refractivity (Wildman–Crippen MR) is 114 cm³/mol. The second-order valence-corrected chi connectivity index (χ2v) is 6.67. The summed E-state index contributed by atoms with van der Waals surface area (Å²) in [6, 6.07) is 10.9. The topological polar surface area (TPSA) is 128 Å². The molecule has 0 radical (unpaired) electrons. The van der Waals surface area contributed by atoms with Crippen molar-refractivity contribution in [2.75, 3.05) is 25.4 Å². The van der Waals surface area contributed by atoms with E-state index in [0.717, 1.165) is 0 Å². The fourth-order valence-corrected chi connectivity index (χ4v) is 3.28. The highest BCUT2D eigenvalue weighted by Gasteiger charge is 2.18. The molecule has 4 heterocycles.